The molecule has 0 aliphatic carbocycles. The number of halogens is 1. The Balaban J connectivity index is 2.06. The van der Waals surface area contributed by atoms with Crippen molar-refractivity contribution >= 4 is 11.6 Å². The van der Waals surface area contributed by atoms with Crippen molar-refractivity contribution in [2.24, 2.45) is 0 Å². The molecule has 6 heteroatoms. The molecule has 3 rings (SSSR count). The number of nitrogens with zero attached hydrogens (tertiary/aromatic N) is 1. The van der Waals surface area contributed by atoms with Gasteiger partial charge in [0.25, 0.3) is 11.5 Å². The summed E-state index contributed by atoms with van der Waals surface area (Å²) in [6.45, 7) is 0.581. The number of hydrogen-bond acceptors (Lipinski definition) is 3. The van der Waals surface area contributed by atoms with E-state index >= 15 is 0 Å². The van der Waals surface area contributed by atoms with E-state index in [-0.39, 0.29) is 17.0 Å². The van der Waals surface area contributed by atoms with Crippen molar-refractivity contribution in [3.8, 4) is 5.75 Å². The molecule has 1 aromatic heterocycles. The molecule has 0 bridgehead atoms. The average molecular weight is 316 g/mol. The zero-order valence-electron chi connectivity index (χ0n) is 12.8. The maximum absolute atomic E-state index is 13.8. The van der Waals surface area contributed by atoms with Crippen LogP contribution >= 0.6 is 0 Å². The molecule has 0 saturated heterocycles. The van der Waals surface area contributed by atoms with Gasteiger partial charge in [0.2, 0.25) is 0 Å². The average Bonchev–Trinajstić information content (AvgIpc) is 2.56. The molecule has 0 atom stereocenters. The van der Waals surface area contributed by atoms with E-state index < -0.39 is 11.7 Å². The molecule has 1 aromatic carbocycles. The van der Waals surface area contributed by atoms with Gasteiger partial charge in [-0.15, -0.1) is 0 Å². The summed E-state index contributed by atoms with van der Waals surface area (Å²) >= 11 is 0. The summed E-state index contributed by atoms with van der Waals surface area (Å²) in [6, 6.07) is 7.26. The molecule has 0 unspecified atom stereocenters. The standard InChI is InChI=1S/C17H17FN2O3/c1-23-14-10-15(21)20-9-5-4-8-13(20)16(14)17(22)19-12-7-3-2-6-11(12)18/h2-3,6-7,10H,4-5,8-9H2,1H3,(H,19,22). The molecule has 0 saturated carbocycles. The minimum absolute atomic E-state index is 0.0975. The topological polar surface area (TPSA) is 60.3 Å². The second kappa shape index (κ2) is 6.24. The lowest BCUT2D eigenvalue weighted by molar-refractivity contribution is 0.102. The number of ether oxygens (including phenoxy) is 1. The Labute approximate surface area is 132 Å². The van der Waals surface area contributed by atoms with Crippen LogP contribution in [0.15, 0.2) is 35.1 Å². The number of anilines is 1. The minimum atomic E-state index is -0.512. The fourth-order valence-electron chi connectivity index (χ4n) is 2.89. The Morgan fingerprint density at radius 1 is 1.30 bits per heavy atom. The zero-order chi connectivity index (χ0) is 16.4. The number of fused-ring (bicyclic) bond motifs is 1. The van der Waals surface area contributed by atoms with Gasteiger partial charge in [-0.1, -0.05) is 12.1 Å². The maximum atomic E-state index is 13.8. The summed E-state index contributed by atoms with van der Waals surface area (Å²) in [5.41, 5.74) is 0.865. The zero-order valence-corrected chi connectivity index (χ0v) is 12.8. The van der Waals surface area contributed by atoms with E-state index in [4.69, 9.17) is 4.74 Å². The maximum Gasteiger partial charge on any atom is 0.261 e. The fraction of sp³-hybridized carbons (Fsp3) is 0.294. The van der Waals surface area contributed by atoms with E-state index in [9.17, 15) is 14.0 Å². The molecule has 2 heterocycles. The largest absolute Gasteiger partial charge is 0.496 e. The molecule has 1 aliphatic heterocycles. The Morgan fingerprint density at radius 3 is 2.83 bits per heavy atom. The van der Waals surface area contributed by atoms with Crippen LogP contribution in [0, 0.1) is 5.82 Å². The van der Waals surface area contributed by atoms with Gasteiger partial charge in [-0.2, -0.15) is 0 Å². The lowest BCUT2D eigenvalue weighted by atomic mass is 10.0. The number of carbonyl (C=O) groups excluding carboxylic acids is 1. The normalized spacial score (nSPS) is 13.3. The van der Waals surface area contributed by atoms with Crippen LogP contribution in [-0.4, -0.2) is 17.6 Å². The van der Waals surface area contributed by atoms with Crippen molar-refractivity contribution in [1.29, 1.82) is 0 Å². The summed E-state index contributed by atoms with van der Waals surface area (Å²) in [5, 5.41) is 2.56. The highest BCUT2D eigenvalue weighted by molar-refractivity contribution is 6.07. The molecule has 2 aromatic rings. The van der Waals surface area contributed by atoms with Crippen molar-refractivity contribution in [1.82, 2.24) is 4.57 Å². The summed E-state index contributed by atoms with van der Waals surface area (Å²) in [5.74, 6) is -0.767. The number of para-hydroxylation sites is 1. The van der Waals surface area contributed by atoms with Crippen LogP contribution in [0.25, 0.3) is 0 Å². The molecule has 0 spiro atoms. The quantitative estimate of drug-likeness (QED) is 0.947. The minimum Gasteiger partial charge on any atom is -0.496 e. The summed E-state index contributed by atoms with van der Waals surface area (Å²) in [4.78, 5) is 24.8. The molecule has 0 fully saturated rings. The molecular weight excluding hydrogens is 299 g/mol. The number of nitrogens with one attached hydrogen (secondary N) is 1. The molecule has 23 heavy (non-hydrogen) atoms. The highest BCUT2D eigenvalue weighted by Gasteiger charge is 2.24. The molecule has 1 aliphatic rings. The van der Waals surface area contributed by atoms with Crippen molar-refractivity contribution in [3.05, 3.63) is 57.8 Å². The molecule has 120 valence electrons. The predicted octanol–water partition coefficient (Wildman–Crippen LogP) is 2.58. The number of pyridine rings is 1. The van der Waals surface area contributed by atoms with Gasteiger partial charge in [0.15, 0.2) is 0 Å². The van der Waals surface area contributed by atoms with Gasteiger partial charge in [-0.25, -0.2) is 4.39 Å². The van der Waals surface area contributed by atoms with E-state index in [0.717, 1.165) is 12.8 Å². The summed E-state index contributed by atoms with van der Waals surface area (Å²) < 4.78 is 20.6. The SMILES string of the molecule is COc1cc(=O)n2c(c1C(=O)Nc1ccccc1F)CCCC2. The second-order valence-corrected chi connectivity index (χ2v) is 5.42. The number of carbonyl (C=O) groups is 1. The van der Waals surface area contributed by atoms with Crippen LogP contribution < -0.4 is 15.6 Å². The smallest absolute Gasteiger partial charge is 0.261 e. The highest BCUT2D eigenvalue weighted by Crippen LogP contribution is 2.26. The third-order valence-corrected chi connectivity index (χ3v) is 4.00. The van der Waals surface area contributed by atoms with Gasteiger partial charge in [-0.05, 0) is 31.4 Å². The first-order valence-electron chi connectivity index (χ1n) is 7.48. The monoisotopic (exact) mass is 316 g/mol. The van der Waals surface area contributed by atoms with Gasteiger partial charge in [-0.3, -0.25) is 9.59 Å². The third kappa shape index (κ3) is 2.84. The van der Waals surface area contributed by atoms with E-state index in [1.807, 2.05) is 0 Å². The van der Waals surface area contributed by atoms with Gasteiger partial charge in [0.05, 0.1) is 12.8 Å². The van der Waals surface area contributed by atoms with E-state index in [1.165, 1.54) is 25.3 Å². The Morgan fingerprint density at radius 2 is 2.09 bits per heavy atom. The second-order valence-electron chi connectivity index (χ2n) is 5.42. The highest BCUT2D eigenvalue weighted by atomic mass is 19.1. The van der Waals surface area contributed by atoms with Gasteiger partial charge in [0.1, 0.15) is 17.1 Å². The number of aromatic nitrogens is 1. The number of hydrogen-bond donors (Lipinski definition) is 1. The first-order chi connectivity index (χ1) is 11.1. The van der Waals surface area contributed by atoms with Crippen LogP contribution in [0.4, 0.5) is 10.1 Å². The summed E-state index contributed by atoms with van der Waals surface area (Å²) in [7, 11) is 1.41. The van der Waals surface area contributed by atoms with Crippen LogP contribution in [0.2, 0.25) is 0 Å². The molecule has 1 amide bonds. The Bertz CT molecular complexity index is 814. The number of benzene rings is 1. The van der Waals surface area contributed by atoms with Crippen LogP contribution in [-0.2, 0) is 13.0 Å². The number of amides is 1. The fourth-order valence-corrected chi connectivity index (χ4v) is 2.89. The summed E-state index contributed by atoms with van der Waals surface area (Å²) in [6.07, 6.45) is 2.41. The molecular formula is C17H17FN2O3. The van der Waals surface area contributed by atoms with Crippen molar-refractivity contribution in [2.45, 2.75) is 25.8 Å². The lowest BCUT2D eigenvalue weighted by Crippen LogP contribution is -2.30. The van der Waals surface area contributed by atoms with Crippen LogP contribution in [0.3, 0.4) is 0 Å². The van der Waals surface area contributed by atoms with Crippen molar-refractivity contribution in [2.75, 3.05) is 12.4 Å². The van der Waals surface area contributed by atoms with Gasteiger partial charge < -0.3 is 14.6 Å². The van der Waals surface area contributed by atoms with Crippen LogP contribution in [0.1, 0.15) is 28.9 Å². The van der Waals surface area contributed by atoms with Crippen molar-refractivity contribution < 1.29 is 13.9 Å². The van der Waals surface area contributed by atoms with Gasteiger partial charge >= 0.3 is 0 Å². The van der Waals surface area contributed by atoms with E-state index in [1.54, 1.807) is 16.7 Å². The van der Waals surface area contributed by atoms with Gasteiger partial charge in [0, 0.05) is 18.3 Å². The molecule has 5 nitrogen and oxygen atoms in total. The number of rotatable bonds is 3. The number of methoxy groups -OCH3 is 1. The Hall–Kier alpha value is -2.63. The third-order valence-electron chi connectivity index (χ3n) is 4.00. The molecule has 1 N–H and O–H groups in total. The van der Waals surface area contributed by atoms with E-state index in [0.29, 0.717) is 24.2 Å². The molecule has 0 radical (unpaired) electrons. The first-order valence-corrected chi connectivity index (χ1v) is 7.48. The first kappa shape index (κ1) is 15.3. The van der Waals surface area contributed by atoms with E-state index in [2.05, 4.69) is 5.32 Å². The van der Waals surface area contributed by atoms with Crippen molar-refractivity contribution in [3.63, 3.8) is 0 Å². The predicted molar refractivity (Wildman–Crippen MR) is 84.5 cm³/mol. The lowest BCUT2D eigenvalue weighted by Gasteiger charge is -2.22. The van der Waals surface area contributed by atoms with Crippen LogP contribution in [0.5, 0.6) is 5.75 Å². The Kier molecular flexibility index (Phi) is 4.14.